The molecule has 1 heterocycles. The highest BCUT2D eigenvalue weighted by Gasteiger charge is 2.31. The molecule has 7 nitrogen and oxygen atoms in total. The Balaban J connectivity index is 1.38. The van der Waals surface area contributed by atoms with E-state index in [9.17, 15) is 4.79 Å². The standard InChI is InChI=1S/C23H46N6O/c1-17-15-21(24-13-8-14-29(2)3)27-22(25-17)28-23(30)26-20-12-7-11-19(16-20)18-9-5-4-6-10-18/h17-22,24-25,27H,4-16H2,1-3H3,(H2,26,28,30). The summed E-state index contributed by atoms with van der Waals surface area (Å²) in [6.45, 7) is 4.24. The van der Waals surface area contributed by atoms with E-state index in [1.54, 1.807) is 0 Å². The van der Waals surface area contributed by atoms with Crippen molar-refractivity contribution in [2.45, 2.75) is 102 Å². The Hall–Kier alpha value is -0.890. The molecule has 7 heteroatoms. The van der Waals surface area contributed by atoms with Gasteiger partial charge in [-0.1, -0.05) is 44.9 Å². The van der Waals surface area contributed by atoms with Gasteiger partial charge in [0.1, 0.15) is 6.29 Å². The second kappa shape index (κ2) is 12.2. The first-order chi connectivity index (χ1) is 14.5. The first-order valence-corrected chi connectivity index (χ1v) is 12.5. The van der Waals surface area contributed by atoms with Crippen LogP contribution in [0.5, 0.6) is 0 Å². The van der Waals surface area contributed by atoms with Crippen molar-refractivity contribution >= 4 is 6.03 Å². The minimum absolute atomic E-state index is 0.0465. The van der Waals surface area contributed by atoms with Crippen LogP contribution in [0, 0.1) is 11.8 Å². The number of nitrogens with one attached hydrogen (secondary N) is 5. The normalized spacial score (nSPS) is 33.4. The largest absolute Gasteiger partial charge is 0.335 e. The number of amides is 2. The molecule has 0 bridgehead atoms. The number of rotatable bonds is 8. The quantitative estimate of drug-likeness (QED) is 0.389. The highest BCUT2D eigenvalue weighted by molar-refractivity contribution is 5.74. The van der Waals surface area contributed by atoms with Crippen molar-refractivity contribution in [2.24, 2.45) is 11.8 Å². The topological polar surface area (TPSA) is 80.5 Å². The lowest BCUT2D eigenvalue weighted by molar-refractivity contribution is 0.163. The summed E-state index contributed by atoms with van der Waals surface area (Å²) in [5.41, 5.74) is 0. The number of urea groups is 1. The van der Waals surface area contributed by atoms with Crippen molar-refractivity contribution in [3.63, 3.8) is 0 Å². The summed E-state index contributed by atoms with van der Waals surface area (Å²) in [6.07, 6.45) is 14.1. The van der Waals surface area contributed by atoms with E-state index in [1.165, 1.54) is 44.9 Å². The van der Waals surface area contributed by atoms with E-state index in [1.807, 2.05) is 0 Å². The maximum Gasteiger partial charge on any atom is 0.317 e. The van der Waals surface area contributed by atoms with Crippen LogP contribution >= 0.6 is 0 Å². The summed E-state index contributed by atoms with van der Waals surface area (Å²) < 4.78 is 0. The highest BCUT2D eigenvalue weighted by atomic mass is 16.2. The maximum atomic E-state index is 12.7. The minimum atomic E-state index is -0.196. The van der Waals surface area contributed by atoms with Crippen LogP contribution in [-0.2, 0) is 0 Å². The second-order valence-corrected chi connectivity index (χ2v) is 10.2. The third kappa shape index (κ3) is 7.98. The van der Waals surface area contributed by atoms with Crippen LogP contribution in [0.3, 0.4) is 0 Å². The Kier molecular flexibility index (Phi) is 9.68. The summed E-state index contributed by atoms with van der Waals surface area (Å²) in [7, 11) is 4.21. The summed E-state index contributed by atoms with van der Waals surface area (Å²) in [4.78, 5) is 14.9. The van der Waals surface area contributed by atoms with Gasteiger partial charge in [0, 0.05) is 12.1 Å². The molecule has 2 aliphatic carbocycles. The SMILES string of the molecule is CC1CC(NCCCN(C)C)NC(NC(=O)NC2CCCC(C3CCCCC3)C2)N1. The molecule has 1 saturated heterocycles. The zero-order valence-electron chi connectivity index (χ0n) is 19.5. The van der Waals surface area contributed by atoms with Crippen LogP contribution in [0.4, 0.5) is 4.79 Å². The Morgan fingerprint density at radius 1 is 0.933 bits per heavy atom. The minimum Gasteiger partial charge on any atom is -0.335 e. The molecule has 0 aromatic carbocycles. The number of hydrogen-bond donors (Lipinski definition) is 5. The summed E-state index contributed by atoms with van der Waals surface area (Å²) in [5.74, 6) is 1.71. The average Bonchev–Trinajstić information content (AvgIpc) is 2.71. The fraction of sp³-hybridized carbons (Fsp3) is 0.957. The van der Waals surface area contributed by atoms with Gasteiger partial charge in [-0.25, -0.2) is 4.79 Å². The number of carbonyl (C=O) groups excluding carboxylic acids is 1. The number of carbonyl (C=O) groups is 1. The van der Waals surface area contributed by atoms with Gasteiger partial charge in [0.2, 0.25) is 0 Å². The zero-order valence-corrected chi connectivity index (χ0v) is 19.5. The number of hydrogen-bond acceptors (Lipinski definition) is 5. The van der Waals surface area contributed by atoms with Gasteiger partial charge in [0.25, 0.3) is 0 Å². The molecule has 3 fully saturated rings. The highest BCUT2D eigenvalue weighted by Crippen LogP contribution is 2.38. The molecule has 5 unspecified atom stereocenters. The van der Waals surface area contributed by atoms with Crippen molar-refractivity contribution in [3.05, 3.63) is 0 Å². The summed E-state index contributed by atoms with van der Waals surface area (Å²) >= 11 is 0. The fourth-order valence-corrected chi connectivity index (χ4v) is 5.67. The van der Waals surface area contributed by atoms with E-state index in [0.717, 1.165) is 50.6 Å². The van der Waals surface area contributed by atoms with Crippen molar-refractivity contribution in [3.8, 4) is 0 Å². The Morgan fingerprint density at radius 3 is 2.47 bits per heavy atom. The maximum absolute atomic E-state index is 12.7. The predicted molar refractivity (Wildman–Crippen MR) is 123 cm³/mol. The van der Waals surface area contributed by atoms with Gasteiger partial charge in [-0.15, -0.1) is 0 Å². The van der Waals surface area contributed by atoms with Gasteiger partial charge in [0.15, 0.2) is 0 Å². The van der Waals surface area contributed by atoms with Crippen LogP contribution in [-0.4, -0.2) is 62.7 Å². The predicted octanol–water partition coefficient (Wildman–Crippen LogP) is 2.55. The van der Waals surface area contributed by atoms with E-state index >= 15 is 0 Å². The molecule has 0 spiro atoms. The smallest absolute Gasteiger partial charge is 0.317 e. The van der Waals surface area contributed by atoms with Gasteiger partial charge < -0.3 is 20.9 Å². The van der Waals surface area contributed by atoms with E-state index in [2.05, 4.69) is 52.5 Å². The molecule has 2 saturated carbocycles. The molecule has 5 N–H and O–H groups in total. The molecular weight excluding hydrogens is 376 g/mol. The molecule has 3 aliphatic rings. The molecule has 5 atom stereocenters. The van der Waals surface area contributed by atoms with Gasteiger partial charge in [-0.2, -0.15) is 0 Å². The first kappa shape index (κ1) is 23.8. The average molecular weight is 423 g/mol. The molecule has 2 amide bonds. The molecule has 3 rings (SSSR count). The third-order valence-electron chi connectivity index (χ3n) is 7.22. The molecule has 0 radical (unpaired) electrons. The summed E-state index contributed by atoms with van der Waals surface area (Å²) in [5, 5.41) is 16.9. The van der Waals surface area contributed by atoms with Crippen molar-refractivity contribution in [1.29, 1.82) is 0 Å². The van der Waals surface area contributed by atoms with E-state index in [0.29, 0.717) is 12.1 Å². The molecule has 30 heavy (non-hydrogen) atoms. The van der Waals surface area contributed by atoms with Crippen LogP contribution in [0.2, 0.25) is 0 Å². The van der Waals surface area contributed by atoms with Gasteiger partial charge in [-0.05, 0) is 71.6 Å². The van der Waals surface area contributed by atoms with Crippen LogP contribution < -0.4 is 26.6 Å². The number of nitrogens with zero attached hydrogens (tertiary/aromatic N) is 1. The molecule has 0 aromatic heterocycles. The lowest BCUT2D eigenvalue weighted by Crippen LogP contribution is -2.68. The lowest BCUT2D eigenvalue weighted by Gasteiger charge is -2.38. The van der Waals surface area contributed by atoms with Crippen molar-refractivity contribution < 1.29 is 4.79 Å². The molecule has 1 aliphatic heterocycles. The Labute approximate surface area is 183 Å². The zero-order chi connectivity index (χ0) is 21.3. The van der Waals surface area contributed by atoms with Crippen molar-refractivity contribution in [2.75, 3.05) is 27.2 Å². The van der Waals surface area contributed by atoms with Gasteiger partial charge in [-0.3, -0.25) is 10.6 Å². The Bertz CT molecular complexity index is 510. The monoisotopic (exact) mass is 422 g/mol. The molecule has 174 valence electrons. The molecular formula is C23H46N6O. The van der Waals surface area contributed by atoms with Crippen molar-refractivity contribution in [1.82, 2.24) is 31.5 Å². The van der Waals surface area contributed by atoms with Gasteiger partial charge >= 0.3 is 6.03 Å². The van der Waals surface area contributed by atoms with E-state index < -0.39 is 0 Å². The second-order valence-electron chi connectivity index (χ2n) is 10.2. The van der Waals surface area contributed by atoms with E-state index in [-0.39, 0.29) is 18.5 Å². The third-order valence-corrected chi connectivity index (χ3v) is 7.22. The van der Waals surface area contributed by atoms with Crippen LogP contribution in [0.15, 0.2) is 0 Å². The summed E-state index contributed by atoms with van der Waals surface area (Å²) in [6, 6.07) is 0.634. The first-order valence-electron chi connectivity index (χ1n) is 12.5. The van der Waals surface area contributed by atoms with Gasteiger partial charge in [0.05, 0.1) is 6.17 Å². The lowest BCUT2D eigenvalue weighted by atomic mass is 9.72. The van der Waals surface area contributed by atoms with E-state index in [4.69, 9.17) is 0 Å². The molecule has 0 aromatic rings. The van der Waals surface area contributed by atoms with Crippen LogP contribution in [0.1, 0.15) is 77.6 Å². The Morgan fingerprint density at radius 2 is 1.70 bits per heavy atom. The van der Waals surface area contributed by atoms with Crippen LogP contribution in [0.25, 0.3) is 0 Å². The fourth-order valence-electron chi connectivity index (χ4n) is 5.67.